The van der Waals surface area contributed by atoms with Gasteiger partial charge in [0.1, 0.15) is 5.82 Å². The molecule has 0 spiro atoms. The smallest absolute Gasteiger partial charge is 0.441 e. The normalized spacial score (nSPS) is 12.9. The van der Waals surface area contributed by atoms with E-state index in [0.29, 0.717) is 0 Å². The number of halogens is 5. The van der Waals surface area contributed by atoms with Gasteiger partial charge >= 0.3 is 12.1 Å². The van der Waals surface area contributed by atoms with Crippen molar-refractivity contribution in [2.45, 2.75) is 12.3 Å². The number of alkyl halides is 3. The Balaban J connectivity index is 3.12. The molecule has 0 bridgehead atoms. The monoisotopic (exact) mass is 299 g/mol. The zero-order chi connectivity index (χ0) is 14.8. The minimum atomic E-state index is -5.33. The van der Waals surface area contributed by atoms with Crippen molar-refractivity contribution >= 4 is 23.5 Å². The van der Waals surface area contributed by atoms with E-state index < -0.39 is 40.6 Å². The van der Waals surface area contributed by atoms with E-state index in [4.69, 9.17) is 17.3 Å². The Bertz CT molecular complexity index is 518. The molecule has 0 aliphatic carbocycles. The molecule has 1 amide bonds. The van der Waals surface area contributed by atoms with Gasteiger partial charge in [0.05, 0.1) is 5.02 Å². The molecular weight excluding hydrogens is 294 g/mol. The minimum Gasteiger partial charge on any atom is -0.441 e. The fraction of sp³-hybridized carbons (Fsp3) is 0.200. The molecule has 0 unspecified atom stereocenters. The van der Waals surface area contributed by atoms with Gasteiger partial charge in [-0.25, -0.2) is 9.18 Å². The SMILES string of the molecule is NC(=O)[C@H](OC(=O)C(F)(F)F)c1cccc(Cl)c1F. The van der Waals surface area contributed by atoms with Crippen LogP contribution in [0.5, 0.6) is 0 Å². The first-order valence-corrected chi connectivity index (χ1v) is 5.03. The molecular formula is C10H6ClF4NO3. The van der Waals surface area contributed by atoms with Gasteiger partial charge in [-0.15, -0.1) is 0 Å². The van der Waals surface area contributed by atoms with Crippen LogP contribution in [0, 0.1) is 5.82 Å². The second-order valence-electron chi connectivity index (χ2n) is 3.33. The highest BCUT2D eigenvalue weighted by Crippen LogP contribution is 2.28. The molecule has 0 saturated heterocycles. The van der Waals surface area contributed by atoms with Crippen LogP contribution in [0.4, 0.5) is 17.6 Å². The molecule has 0 fully saturated rings. The summed E-state index contributed by atoms with van der Waals surface area (Å²) >= 11 is 5.40. The van der Waals surface area contributed by atoms with Crippen LogP contribution in [0.15, 0.2) is 18.2 Å². The Hall–Kier alpha value is -1.83. The van der Waals surface area contributed by atoms with Crippen LogP contribution in [0.25, 0.3) is 0 Å². The second-order valence-corrected chi connectivity index (χ2v) is 3.74. The Morgan fingerprint density at radius 1 is 1.32 bits per heavy atom. The summed E-state index contributed by atoms with van der Waals surface area (Å²) in [6.45, 7) is 0. The summed E-state index contributed by atoms with van der Waals surface area (Å²) in [7, 11) is 0. The van der Waals surface area contributed by atoms with Gasteiger partial charge in [-0.3, -0.25) is 4.79 Å². The number of benzene rings is 1. The molecule has 1 atom stereocenters. The van der Waals surface area contributed by atoms with Crippen LogP contribution in [0.2, 0.25) is 5.02 Å². The van der Waals surface area contributed by atoms with Gasteiger partial charge in [-0.1, -0.05) is 23.7 Å². The van der Waals surface area contributed by atoms with Crippen molar-refractivity contribution in [2.24, 2.45) is 5.73 Å². The van der Waals surface area contributed by atoms with Gasteiger partial charge in [0, 0.05) is 5.56 Å². The maximum atomic E-state index is 13.5. The maximum absolute atomic E-state index is 13.5. The number of hydrogen-bond acceptors (Lipinski definition) is 3. The molecule has 2 N–H and O–H groups in total. The predicted molar refractivity (Wildman–Crippen MR) is 55.5 cm³/mol. The van der Waals surface area contributed by atoms with E-state index in [2.05, 4.69) is 4.74 Å². The molecule has 0 aliphatic heterocycles. The molecule has 1 aromatic carbocycles. The minimum absolute atomic E-state index is 0.452. The standard InChI is InChI=1S/C10H6ClF4NO3/c11-5-3-1-2-4(6(5)12)7(8(16)17)19-9(18)10(13,14)15/h1-3,7H,(H2,16,17)/t7-/m1/s1. The van der Waals surface area contributed by atoms with Gasteiger partial charge in [0.25, 0.3) is 5.91 Å². The summed E-state index contributed by atoms with van der Waals surface area (Å²) in [6.07, 6.45) is -7.55. The molecule has 1 rings (SSSR count). The highest BCUT2D eigenvalue weighted by molar-refractivity contribution is 6.30. The van der Waals surface area contributed by atoms with Gasteiger partial charge in [-0.05, 0) is 6.07 Å². The average molecular weight is 300 g/mol. The van der Waals surface area contributed by atoms with Crippen molar-refractivity contribution in [2.75, 3.05) is 0 Å². The fourth-order valence-corrected chi connectivity index (χ4v) is 1.35. The van der Waals surface area contributed by atoms with Crippen molar-refractivity contribution in [3.05, 3.63) is 34.6 Å². The lowest BCUT2D eigenvalue weighted by Crippen LogP contribution is -2.33. The topological polar surface area (TPSA) is 69.4 Å². The summed E-state index contributed by atoms with van der Waals surface area (Å²) in [5.41, 5.74) is 4.13. The lowest BCUT2D eigenvalue weighted by molar-refractivity contribution is -0.205. The first kappa shape index (κ1) is 15.2. The predicted octanol–water partition coefficient (Wildman–Crippen LogP) is 2.11. The quantitative estimate of drug-likeness (QED) is 0.686. The molecule has 0 aromatic heterocycles. The second kappa shape index (κ2) is 5.43. The van der Waals surface area contributed by atoms with E-state index in [9.17, 15) is 27.2 Å². The number of hydrogen-bond donors (Lipinski definition) is 1. The van der Waals surface area contributed by atoms with E-state index in [1.807, 2.05) is 0 Å². The van der Waals surface area contributed by atoms with Crippen molar-refractivity contribution < 1.29 is 31.9 Å². The third kappa shape index (κ3) is 3.57. The first-order chi connectivity index (χ1) is 8.64. The van der Waals surface area contributed by atoms with Gasteiger partial charge in [0.2, 0.25) is 6.10 Å². The summed E-state index contributed by atoms with van der Waals surface area (Å²) in [5, 5.41) is -0.452. The van der Waals surface area contributed by atoms with Gasteiger partial charge < -0.3 is 10.5 Å². The van der Waals surface area contributed by atoms with Crippen molar-refractivity contribution in [3.8, 4) is 0 Å². The molecule has 4 nitrogen and oxygen atoms in total. The number of carbonyl (C=O) groups is 2. The maximum Gasteiger partial charge on any atom is 0.490 e. The lowest BCUT2D eigenvalue weighted by Gasteiger charge is -2.16. The molecule has 1 aromatic rings. The molecule has 19 heavy (non-hydrogen) atoms. The largest absolute Gasteiger partial charge is 0.490 e. The van der Waals surface area contributed by atoms with E-state index >= 15 is 0 Å². The Morgan fingerprint density at radius 2 is 1.89 bits per heavy atom. The summed E-state index contributed by atoms with van der Waals surface area (Å²) in [6, 6.07) is 3.20. The number of nitrogens with two attached hydrogens (primary N) is 1. The van der Waals surface area contributed by atoms with Crippen LogP contribution >= 0.6 is 11.6 Å². The number of esters is 1. The van der Waals surface area contributed by atoms with E-state index in [-0.39, 0.29) is 0 Å². The third-order valence-corrected chi connectivity index (χ3v) is 2.27. The number of primary amides is 1. The summed E-state index contributed by atoms with van der Waals surface area (Å²) < 4.78 is 53.5. The third-order valence-electron chi connectivity index (χ3n) is 1.98. The lowest BCUT2D eigenvalue weighted by atomic mass is 10.1. The van der Waals surface area contributed by atoms with Gasteiger partial charge in [0.15, 0.2) is 0 Å². The van der Waals surface area contributed by atoms with Crippen LogP contribution in [0.1, 0.15) is 11.7 Å². The van der Waals surface area contributed by atoms with E-state index in [0.717, 1.165) is 18.2 Å². The van der Waals surface area contributed by atoms with Crippen LogP contribution in [-0.4, -0.2) is 18.1 Å². The molecule has 0 heterocycles. The zero-order valence-electron chi connectivity index (χ0n) is 9.00. The number of amides is 1. The highest BCUT2D eigenvalue weighted by Gasteiger charge is 2.43. The number of ether oxygens (including phenoxy) is 1. The Kier molecular flexibility index (Phi) is 4.35. The van der Waals surface area contributed by atoms with Crippen LogP contribution in [0.3, 0.4) is 0 Å². The molecule has 104 valence electrons. The van der Waals surface area contributed by atoms with Crippen LogP contribution in [-0.2, 0) is 14.3 Å². The summed E-state index contributed by atoms with van der Waals surface area (Å²) in [5.74, 6) is -5.31. The van der Waals surface area contributed by atoms with Crippen molar-refractivity contribution in [1.29, 1.82) is 0 Å². The molecule has 9 heteroatoms. The van der Waals surface area contributed by atoms with Crippen molar-refractivity contribution in [1.82, 2.24) is 0 Å². The number of rotatable bonds is 3. The van der Waals surface area contributed by atoms with E-state index in [1.54, 1.807) is 0 Å². The fourth-order valence-electron chi connectivity index (χ4n) is 1.17. The molecule has 0 saturated carbocycles. The summed E-state index contributed by atoms with van der Waals surface area (Å²) in [4.78, 5) is 21.6. The van der Waals surface area contributed by atoms with Crippen molar-refractivity contribution in [3.63, 3.8) is 0 Å². The zero-order valence-corrected chi connectivity index (χ0v) is 9.76. The number of carbonyl (C=O) groups excluding carboxylic acids is 2. The first-order valence-electron chi connectivity index (χ1n) is 4.65. The molecule has 0 radical (unpaired) electrons. The van der Waals surface area contributed by atoms with E-state index in [1.165, 1.54) is 0 Å². The average Bonchev–Trinajstić information content (AvgIpc) is 2.28. The Labute approximate surface area is 109 Å². The molecule has 0 aliphatic rings. The van der Waals surface area contributed by atoms with Gasteiger partial charge in [-0.2, -0.15) is 13.2 Å². The highest BCUT2D eigenvalue weighted by atomic mass is 35.5. The van der Waals surface area contributed by atoms with Crippen LogP contribution < -0.4 is 5.73 Å². The Morgan fingerprint density at radius 3 is 2.37 bits per heavy atom.